The maximum atomic E-state index is 11.0. The Balaban J connectivity index is 3.10. The predicted molar refractivity (Wildman–Crippen MR) is 72.8 cm³/mol. The average Bonchev–Trinajstić information content (AvgIpc) is 2.37. The zero-order chi connectivity index (χ0) is 14.4. The van der Waals surface area contributed by atoms with Crippen molar-refractivity contribution in [3.05, 3.63) is 33.9 Å². The van der Waals surface area contributed by atoms with Gasteiger partial charge in [0.2, 0.25) is 5.91 Å². The number of terminal acetylenes is 1. The van der Waals surface area contributed by atoms with E-state index >= 15 is 0 Å². The molecule has 1 unspecified atom stereocenters. The zero-order valence-electron chi connectivity index (χ0n) is 10.6. The number of carbonyl (C=O) groups is 1. The molecule has 3 N–H and O–H groups in total. The number of amides is 1. The Kier molecular flexibility index (Phi) is 4.89. The summed E-state index contributed by atoms with van der Waals surface area (Å²) in [6.07, 6.45) is 6.43. The Bertz CT molecular complexity index is 534. The quantitative estimate of drug-likeness (QED) is 0.464. The lowest BCUT2D eigenvalue weighted by Crippen LogP contribution is -2.19. The third kappa shape index (κ3) is 3.71. The number of anilines is 1. The van der Waals surface area contributed by atoms with E-state index < -0.39 is 10.8 Å². The fraction of sp³-hybridized carbons (Fsp3) is 0.308. The molecule has 1 aromatic rings. The van der Waals surface area contributed by atoms with Crippen molar-refractivity contribution in [3.63, 3.8) is 0 Å². The molecule has 6 heteroatoms. The smallest absolute Gasteiger partial charge is 0.293 e. The van der Waals surface area contributed by atoms with Gasteiger partial charge in [-0.1, -0.05) is 6.92 Å². The van der Waals surface area contributed by atoms with Gasteiger partial charge in [0, 0.05) is 24.1 Å². The summed E-state index contributed by atoms with van der Waals surface area (Å²) in [5.74, 6) is 1.81. The van der Waals surface area contributed by atoms with Crippen LogP contribution in [0.5, 0.6) is 0 Å². The van der Waals surface area contributed by atoms with Gasteiger partial charge in [-0.15, -0.1) is 12.3 Å². The summed E-state index contributed by atoms with van der Waals surface area (Å²) in [6.45, 7) is 1.93. The van der Waals surface area contributed by atoms with Crippen molar-refractivity contribution in [1.29, 1.82) is 0 Å². The van der Waals surface area contributed by atoms with Crippen LogP contribution < -0.4 is 11.1 Å². The summed E-state index contributed by atoms with van der Waals surface area (Å²) in [6, 6.07) is 4.02. The monoisotopic (exact) mass is 261 g/mol. The van der Waals surface area contributed by atoms with E-state index in [1.807, 2.05) is 6.92 Å². The van der Waals surface area contributed by atoms with Crippen molar-refractivity contribution in [1.82, 2.24) is 0 Å². The van der Waals surface area contributed by atoms with E-state index in [2.05, 4.69) is 11.2 Å². The second-order valence-corrected chi connectivity index (χ2v) is 4.01. The van der Waals surface area contributed by atoms with Crippen LogP contribution in [0, 0.1) is 22.5 Å². The third-order valence-corrected chi connectivity index (χ3v) is 2.70. The van der Waals surface area contributed by atoms with Crippen LogP contribution in [0.2, 0.25) is 0 Å². The second kappa shape index (κ2) is 6.40. The summed E-state index contributed by atoms with van der Waals surface area (Å²) in [7, 11) is 0. The molecule has 0 aliphatic carbocycles. The molecule has 1 atom stereocenters. The molecule has 0 aliphatic rings. The van der Waals surface area contributed by atoms with Gasteiger partial charge in [0.15, 0.2) is 0 Å². The molecule has 0 bridgehead atoms. The molecule has 19 heavy (non-hydrogen) atoms. The number of nitro groups is 1. The second-order valence-electron chi connectivity index (χ2n) is 4.01. The first-order valence-corrected chi connectivity index (χ1v) is 5.77. The molecular formula is C13H15N3O3. The number of hydrogen-bond donors (Lipinski definition) is 2. The van der Waals surface area contributed by atoms with Crippen molar-refractivity contribution in [3.8, 4) is 12.3 Å². The van der Waals surface area contributed by atoms with Crippen LogP contribution in [0.25, 0.3) is 0 Å². The molecule has 1 rings (SSSR count). The Morgan fingerprint density at radius 2 is 2.32 bits per heavy atom. The highest BCUT2D eigenvalue weighted by molar-refractivity contribution is 5.94. The first-order valence-electron chi connectivity index (χ1n) is 5.77. The SMILES string of the molecule is C#CCC(CC)Nc1ccc(C(N)=O)cc1[N+](=O)[O-]. The number of hydrogen-bond acceptors (Lipinski definition) is 4. The Hall–Kier alpha value is -2.55. The van der Waals surface area contributed by atoms with Crippen LogP contribution in [-0.4, -0.2) is 16.9 Å². The molecule has 0 fully saturated rings. The van der Waals surface area contributed by atoms with Crippen molar-refractivity contribution >= 4 is 17.3 Å². The van der Waals surface area contributed by atoms with Crippen LogP contribution in [0.1, 0.15) is 30.1 Å². The van der Waals surface area contributed by atoms with Gasteiger partial charge in [-0.05, 0) is 18.6 Å². The van der Waals surface area contributed by atoms with Crippen LogP contribution in [0.15, 0.2) is 18.2 Å². The Labute approximate surface area is 111 Å². The zero-order valence-corrected chi connectivity index (χ0v) is 10.6. The van der Waals surface area contributed by atoms with Gasteiger partial charge in [0.1, 0.15) is 5.69 Å². The van der Waals surface area contributed by atoms with Crippen molar-refractivity contribution < 1.29 is 9.72 Å². The Morgan fingerprint density at radius 1 is 1.63 bits per heavy atom. The van der Waals surface area contributed by atoms with E-state index in [9.17, 15) is 14.9 Å². The van der Waals surface area contributed by atoms with Crippen LogP contribution in [0.3, 0.4) is 0 Å². The van der Waals surface area contributed by atoms with Gasteiger partial charge in [0.05, 0.1) is 4.92 Å². The fourth-order valence-electron chi connectivity index (χ4n) is 1.62. The molecule has 1 aromatic carbocycles. The number of carbonyl (C=O) groups excluding carboxylic acids is 1. The molecule has 0 aromatic heterocycles. The van der Waals surface area contributed by atoms with E-state index in [0.29, 0.717) is 12.1 Å². The van der Waals surface area contributed by atoms with Gasteiger partial charge in [-0.2, -0.15) is 0 Å². The highest BCUT2D eigenvalue weighted by Crippen LogP contribution is 2.26. The van der Waals surface area contributed by atoms with Crippen molar-refractivity contribution in [2.75, 3.05) is 5.32 Å². The predicted octanol–water partition coefficient (Wildman–Crippen LogP) is 1.91. The fourth-order valence-corrected chi connectivity index (χ4v) is 1.62. The molecule has 0 heterocycles. The van der Waals surface area contributed by atoms with Crippen LogP contribution in [-0.2, 0) is 0 Å². The summed E-state index contributed by atoms with van der Waals surface area (Å²) in [5.41, 5.74) is 5.34. The minimum atomic E-state index is -0.703. The molecule has 0 saturated carbocycles. The summed E-state index contributed by atoms with van der Waals surface area (Å²) in [4.78, 5) is 21.5. The lowest BCUT2D eigenvalue weighted by atomic mass is 10.1. The number of nitrogens with one attached hydrogen (secondary N) is 1. The minimum Gasteiger partial charge on any atom is -0.376 e. The standard InChI is InChI=1S/C13H15N3O3/c1-3-5-10(4-2)15-11-7-6-9(13(14)17)8-12(11)16(18)19/h1,6-8,10,15H,4-5H2,2H3,(H2,14,17). The Morgan fingerprint density at radius 3 is 2.79 bits per heavy atom. The third-order valence-electron chi connectivity index (χ3n) is 2.70. The maximum absolute atomic E-state index is 11.0. The molecular weight excluding hydrogens is 246 g/mol. The maximum Gasteiger partial charge on any atom is 0.293 e. The number of nitrogens with two attached hydrogens (primary N) is 1. The highest BCUT2D eigenvalue weighted by atomic mass is 16.6. The summed E-state index contributed by atoms with van der Waals surface area (Å²) in [5, 5.41) is 14.0. The van der Waals surface area contributed by atoms with Gasteiger partial charge in [0.25, 0.3) is 5.69 Å². The number of nitro benzene ring substituents is 1. The van der Waals surface area contributed by atoms with Gasteiger partial charge in [-0.3, -0.25) is 14.9 Å². The average molecular weight is 261 g/mol. The molecule has 1 amide bonds. The lowest BCUT2D eigenvalue weighted by molar-refractivity contribution is -0.384. The van der Waals surface area contributed by atoms with E-state index in [1.54, 1.807) is 0 Å². The molecule has 6 nitrogen and oxygen atoms in total. The van der Waals surface area contributed by atoms with E-state index in [4.69, 9.17) is 12.2 Å². The van der Waals surface area contributed by atoms with Gasteiger partial charge in [-0.25, -0.2) is 0 Å². The molecule has 0 radical (unpaired) electrons. The van der Waals surface area contributed by atoms with E-state index in [1.165, 1.54) is 12.1 Å². The number of nitrogens with zero attached hydrogens (tertiary/aromatic N) is 1. The first-order chi connectivity index (χ1) is 8.99. The topological polar surface area (TPSA) is 98.3 Å². The van der Waals surface area contributed by atoms with Crippen LogP contribution >= 0.6 is 0 Å². The van der Waals surface area contributed by atoms with E-state index in [-0.39, 0.29) is 17.3 Å². The summed E-state index contributed by atoms with van der Waals surface area (Å²) >= 11 is 0. The molecule has 0 spiro atoms. The van der Waals surface area contributed by atoms with E-state index in [0.717, 1.165) is 12.5 Å². The molecule has 0 aliphatic heterocycles. The van der Waals surface area contributed by atoms with Crippen molar-refractivity contribution in [2.24, 2.45) is 5.73 Å². The number of benzene rings is 1. The normalized spacial score (nSPS) is 11.4. The lowest BCUT2D eigenvalue weighted by Gasteiger charge is -2.15. The number of rotatable bonds is 6. The highest BCUT2D eigenvalue weighted by Gasteiger charge is 2.18. The number of primary amides is 1. The van der Waals surface area contributed by atoms with Crippen LogP contribution in [0.4, 0.5) is 11.4 Å². The first kappa shape index (κ1) is 14.5. The van der Waals surface area contributed by atoms with Crippen molar-refractivity contribution in [2.45, 2.75) is 25.8 Å². The molecule has 100 valence electrons. The summed E-state index contributed by atoms with van der Waals surface area (Å²) < 4.78 is 0. The minimum absolute atomic E-state index is 0.0527. The molecule has 0 saturated heterocycles. The van der Waals surface area contributed by atoms with Gasteiger partial charge >= 0.3 is 0 Å². The van der Waals surface area contributed by atoms with Gasteiger partial charge < -0.3 is 11.1 Å². The largest absolute Gasteiger partial charge is 0.376 e.